The van der Waals surface area contributed by atoms with Crippen LogP contribution in [0.5, 0.6) is 0 Å². The Bertz CT molecular complexity index is 906. The molecule has 0 spiro atoms. The van der Waals surface area contributed by atoms with Crippen LogP contribution in [0.25, 0.3) is 16.9 Å². The molecule has 110 valence electrons. The van der Waals surface area contributed by atoms with Crippen LogP contribution in [0.3, 0.4) is 0 Å². The summed E-state index contributed by atoms with van der Waals surface area (Å²) in [6, 6.07) is 9.54. The van der Waals surface area contributed by atoms with Gasteiger partial charge in [-0.2, -0.15) is 0 Å². The lowest BCUT2D eigenvalue weighted by Crippen LogP contribution is -2.26. The van der Waals surface area contributed by atoms with Gasteiger partial charge in [0, 0.05) is 6.54 Å². The van der Waals surface area contributed by atoms with Crippen LogP contribution < -0.4 is 4.90 Å². The maximum absolute atomic E-state index is 11.3. The van der Waals surface area contributed by atoms with Gasteiger partial charge in [0.1, 0.15) is 16.4 Å². The molecule has 2 aromatic heterocycles. The van der Waals surface area contributed by atoms with E-state index in [0.29, 0.717) is 6.54 Å². The number of aromatic nitrogens is 3. The molecule has 1 aromatic carbocycles. The SMILES string of the molecule is O=C(O)N1CCc2ccc(-n3cnc4ccc(Br)nc43)cc21. The number of amides is 1. The molecule has 1 aliphatic heterocycles. The normalized spacial score (nSPS) is 13.6. The molecule has 0 radical (unpaired) electrons. The molecular formula is C15H11BrN4O2. The Labute approximate surface area is 134 Å². The molecule has 0 saturated heterocycles. The van der Waals surface area contributed by atoms with Crippen LogP contribution in [-0.2, 0) is 6.42 Å². The van der Waals surface area contributed by atoms with Gasteiger partial charge in [-0.3, -0.25) is 9.47 Å². The van der Waals surface area contributed by atoms with Gasteiger partial charge in [0.25, 0.3) is 0 Å². The van der Waals surface area contributed by atoms with Crippen molar-refractivity contribution in [1.29, 1.82) is 0 Å². The maximum Gasteiger partial charge on any atom is 0.411 e. The molecule has 0 saturated carbocycles. The summed E-state index contributed by atoms with van der Waals surface area (Å²) >= 11 is 3.36. The van der Waals surface area contributed by atoms with Crippen molar-refractivity contribution in [3.8, 4) is 5.69 Å². The number of carboxylic acid groups (broad SMARTS) is 1. The van der Waals surface area contributed by atoms with Gasteiger partial charge in [-0.1, -0.05) is 6.07 Å². The Hall–Kier alpha value is -2.41. The van der Waals surface area contributed by atoms with E-state index in [1.807, 2.05) is 34.9 Å². The molecule has 0 atom stereocenters. The first-order valence-electron chi connectivity index (χ1n) is 6.77. The fourth-order valence-electron chi connectivity index (χ4n) is 2.78. The van der Waals surface area contributed by atoms with Crippen LogP contribution in [-0.4, -0.2) is 32.3 Å². The number of carbonyl (C=O) groups is 1. The van der Waals surface area contributed by atoms with Crippen LogP contribution in [0, 0.1) is 0 Å². The van der Waals surface area contributed by atoms with E-state index >= 15 is 0 Å². The van der Waals surface area contributed by atoms with Crippen molar-refractivity contribution < 1.29 is 9.90 Å². The van der Waals surface area contributed by atoms with Crippen molar-refractivity contribution in [2.45, 2.75) is 6.42 Å². The first-order chi connectivity index (χ1) is 10.6. The van der Waals surface area contributed by atoms with Gasteiger partial charge in [0.05, 0.1) is 11.4 Å². The topological polar surface area (TPSA) is 71.2 Å². The molecule has 0 bridgehead atoms. The second-order valence-corrected chi connectivity index (χ2v) is 5.90. The van der Waals surface area contributed by atoms with Crippen molar-refractivity contribution >= 4 is 38.9 Å². The number of halogens is 1. The largest absolute Gasteiger partial charge is 0.465 e. The fraction of sp³-hybridized carbons (Fsp3) is 0.133. The summed E-state index contributed by atoms with van der Waals surface area (Å²) < 4.78 is 2.59. The molecule has 1 N–H and O–H groups in total. The highest BCUT2D eigenvalue weighted by Crippen LogP contribution is 2.31. The van der Waals surface area contributed by atoms with E-state index in [-0.39, 0.29) is 0 Å². The molecule has 3 aromatic rings. The Morgan fingerprint density at radius 2 is 2.14 bits per heavy atom. The standard InChI is InChI=1S/C15H11BrN4O2/c16-13-4-3-11-14(18-13)20(8-17-11)10-2-1-9-5-6-19(15(21)22)12(9)7-10/h1-4,7-8H,5-6H2,(H,21,22). The molecule has 4 rings (SSSR count). The first kappa shape index (κ1) is 13.3. The second kappa shape index (κ2) is 4.81. The molecule has 6 nitrogen and oxygen atoms in total. The molecule has 0 fully saturated rings. The number of hydrogen-bond donors (Lipinski definition) is 1. The van der Waals surface area contributed by atoms with Crippen LogP contribution in [0.1, 0.15) is 5.56 Å². The van der Waals surface area contributed by atoms with Gasteiger partial charge in [0.2, 0.25) is 0 Å². The minimum absolute atomic E-state index is 0.503. The van der Waals surface area contributed by atoms with Crippen molar-refractivity contribution in [3.05, 3.63) is 46.8 Å². The zero-order valence-electron chi connectivity index (χ0n) is 11.4. The van der Waals surface area contributed by atoms with E-state index in [9.17, 15) is 9.90 Å². The minimum Gasteiger partial charge on any atom is -0.465 e. The summed E-state index contributed by atoms with van der Waals surface area (Å²) in [5.74, 6) is 0. The average molecular weight is 359 g/mol. The van der Waals surface area contributed by atoms with Crippen molar-refractivity contribution in [2.75, 3.05) is 11.4 Å². The monoisotopic (exact) mass is 358 g/mol. The van der Waals surface area contributed by atoms with Crippen LogP contribution in [0.2, 0.25) is 0 Å². The van der Waals surface area contributed by atoms with Crippen LogP contribution in [0.15, 0.2) is 41.3 Å². The Morgan fingerprint density at radius 1 is 1.27 bits per heavy atom. The maximum atomic E-state index is 11.3. The van der Waals surface area contributed by atoms with Gasteiger partial charge in [-0.25, -0.2) is 14.8 Å². The summed E-state index contributed by atoms with van der Waals surface area (Å²) in [4.78, 5) is 21.5. The lowest BCUT2D eigenvalue weighted by Gasteiger charge is -2.14. The number of nitrogens with zero attached hydrogens (tertiary/aromatic N) is 4. The zero-order valence-corrected chi connectivity index (χ0v) is 13.0. The van der Waals surface area contributed by atoms with Gasteiger partial charge in [-0.05, 0) is 52.2 Å². The number of fused-ring (bicyclic) bond motifs is 2. The molecule has 7 heteroatoms. The summed E-state index contributed by atoms with van der Waals surface area (Å²) in [6.45, 7) is 0.503. The van der Waals surface area contributed by atoms with E-state index < -0.39 is 6.09 Å². The van der Waals surface area contributed by atoms with E-state index in [0.717, 1.165) is 39.1 Å². The van der Waals surface area contributed by atoms with Crippen molar-refractivity contribution in [2.24, 2.45) is 0 Å². The number of hydrogen-bond acceptors (Lipinski definition) is 3. The second-order valence-electron chi connectivity index (χ2n) is 5.09. The van der Waals surface area contributed by atoms with Crippen LogP contribution >= 0.6 is 15.9 Å². The van der Waals surface area contributed by atoms with Gasteiger partial charge in [0.15, 0.2) is 5.65 Å². The Balaban J connectivity index is 1.88. The molecular weight excluding hydrogens is 348 g/mol. The van der Waals surface area contributed by atoms with Crippen molar-refractivity contribution in [1.82, 2.24) is 14.5 Å². The number of benzene rings is 1. The van der Waals surface area contributed by atoms with Crippen LogP contribution in [0.4, 0.5) is 10.5 Å². The third-order valence-electron chi connectivity index (χ3n) is 3.83. The summed E-state index contributed by atoms with van der Waals surface area (Å²) in [5.41, 5.74) is 4.15. The highest BCUT2D eigenvalue weighted by atomic mass is 79.9. The number of imidazole rings is 1. The van der Waals surface area contributed by atoms with Gasteiger partial charge >= 0.3 is 6.09 Å². The quantitative estimate of drug-likeness (QED) is 0.678. The lowest BCUT2D eigenvalue weighted by atomic mass is 10.1. The number of rotatable bonds is 1. The van der Waals surface area contributed by atoms with E-state index in [1.54, 1.807) is 6.33 Å². The van der Waals surface area contributed by atoms with E-state index in [4.69, 9.17) is 0 Å². The number of pyridine rings is 1. The predicted octanol–water partition coefficient (Wildman–Crippen LogP) is 3.22. The fourth-order valence-corrected chi connectivity index (χ4v) is 3.08. The molecule has 22 heavy (non-hydrogen) atoms. The molecule has 0 unspecified atom stereocenters. The highest BCUT2D eigenvalue weighted by molar-refractivity contribution is 9.10. The van der Waals surface area contributed by atoms with Crippen molar-refractivity contribution in [3.63, 3.8) is 0 Å². The highest BCUT2D eigenvalue weighted by Gasteiger charge is 2.24. The van der Waals surface area contributed by atoms with Gasteiger partial charge in [-0.15, -0.1) is 0 Å². The van der Waals surface area contributed by atoms with Gasteiger partial charge < -0.3 is 5.11 Å². The Morgan fingerprint density at radius 3 is 2.95 bits per heavy atom. The molecule has 0 aliphatic carbocycles. The third-order valence-corrected chi connectivity index (χ3v) is 4.28. The molecule has 3 heterocycles. The smallest absolute Gasteiger partial charge is 0.411 e. The summed E-state index contributed by atoms with van der Waals surface area (Å²) in [6.07, 6.45) is 1.52. The third kappa shape index (κ3) is 1.97. The van der Waals surface area contributed by atoms with E-state index in [1.165, 1.54) is 4.90 Å². The summed E-state index contributed by atoms with van der Waals surface area (Å²) in [7, 11) is 0. The number of anilines is 1. The average Bonchev–Trinajstić information content (AvgIpc) is 3.09. The molecule has 1 aliphatic rings. The zero-order chi connectivity index (χ0) is 15.3. The Kier molecular flexibility index (Phi) is 2.90. The van der Waals surface area contributed by atoms with E-state index in [2.05, 4.69) is 25.9 Å². The minimum atomic E-state index is -0.924. The first-order valence-corrected chi connectivity index (χ1v) is 7.56. The lowest BCUT2D eigenvalue weighted by molar-refractivity contribution is 0.202. The molecule has 1 amide bonds. The predicted molar refractivity (Wildman–Crippen MR) is 85.6 cm³/mol. The summed E-state index contributed by atoms with van der Waals surface area (Å²) in [5, 5.41) is 9.28.